The number of nitrogens with zero attached hydrogens (tertiary/aromatic N) is 1. The lowest BCUT2D eigenvalue weighted by atomic mass is 10.1. The third-order valence-corrected chi connectivity index (χ3v) is 3.60. The molecule has 2 heteroatoms. The first-order valence-corrected chi connectivity index (χ1v) is 7.95. The van der Waals surface area contributed by atoms with E-state index in [2.05, 4.69) is 51.8 Å². The van der Waals surface area contributed by atoms with E-state index in [0.717, 1.165) is 24.9 Å². The van der Waals surface area contributed by atoms with Gasteiger partial charge in [-0.25, -0.2) is 0 Å². The molecule has 0 amide bonds. The normalized spacial score (nSPS) is 13.8. The fourth-order valence-corrected chi connectivity index (χ4v) is 2.17. The molecule has 0 saturated heterocycles. The van der Waals surface area contributed by atoms with Crippen LogP contribution in [0.5, 0.6) is 0 Å². The van der Waals surface area contributed by atoms with Gasteiger partial charge in [-0.15, -0.1) is 0 Å². The molecule has 0 saturated carbocycles. The predicted octanol–water partition coefficient (Wildman–Crippen LogP) is 3.77. The van der Waals surface area contributed by atoms with Crippen LogP contribution in [-0.4, -0.2) is 37.1 Å². The molecular weight excluding hydrogens is 220 g/mol. The average Bonchev–Trinajstić information content (AvgIpc) is 2.31. The lowest BCUT2D eigenvalue weighted by Crippen LogP contribution is -2.43. The molecule has 0 radical (unpaired) electrons. The molecule has 1 atom stereocenters. The number of likely N-dealkylation sites (N-methyl/N-ethyl adjacent to an activating group) is 1. The number of rotatable bonds is 11. The van der Waals surface area contributed by atoms with Crippen LogP contribution in [-0.2, 0) is 0 Å². The van der Waals surface area contributed by atoms with Gasteiger partial charge in [-0.3, -0.25) is 4.90 Å². The standard InChI is InChI=1S/C16H36N2/c1-7-16(13-17-8-2)18(11-9-14(3)4)12-10-15(5)6/h14-17H,7-13H2,1-6H3. The average molecular weight is 256 g/mol. The van der Waals surface area contributed by atoms with Gasteiger partial charge < -0.3 is 5.32 Å². The fraction of sp³-hybridized carbons (Fsp3) is 1.00. The minimum absolute atomic E-state index is 0.711. The Labute approximate surface area is 116 Å². The minimum Gasteiger partial charge on any atom is -0.315 e. The van der Waals surface area contributed by atoms with Gasteiger partial charge in [0, 0.05) is 12.6 Å². The van der Waals surface area contributed by atoms with Crippen LogP contribution in [0.25, 0.3) is 0 Å². The Balaban J connectivity index is 4.28. The van der Waals surface area contributed by atoms with Gasteiger partial charge >= 0.3 is 0 Å². The number of nitrogens with one attached hydrogen (secondary N) is 1. The van der Waals surface area contributed by atoms with Gasteiger partial charge in [0.05, 0.1) is 0 Å². The largest absolute Gasteiger partial charge is 0.315 e. The quantitative estimate of drug-likeness (QED) is 0.605. The van der Waals surface area contributed by atoms with Crippen molar-refractivity contribution in [1.82, 2.24) is 10.2 Å². The molecule has 110 valence electrons. The highest BCUT2D eigenvalue weighted by molar-refractivity contribution is 4.73. The summed E-state index contributed by atoms with van der Waals surface area (Å²) in [5.41, 5.74) is 0. The molecule has 0 spiro atoms. The van der Waals surface area contributed by atoms with E-state index >= 15 is 0 Å². The zero-order valence-corrected chi connectivity index (χ0v) is 13.6. The van der Waals surface area contributed by atoms with Crippen molar-refractivity contribution in [2.75, 3.05) is 26.2 Å². The van der Waals surface area contributed by atoms with Crippen LogP contribution in [0.4, 0.5) is 0 Å². The maximum atomic E-state index is 3.51. The maximum Gasteiger partial charge on any atom is 0.0218 e. The molecule has 18 heavy (non-hydrogen) atoms. The summed E-state index contributed by atoms with van der Waals surface area (Å²) >= 11 is 0. The molecule has 0 aliphatic heterocycles. The highest BCUT2D eigenvalue weighted by Crippen LogP contribution is 2.11. The number of hydrogen-bond donors (Lipinski definition) is 1. The van der Waals surface area contributed by atoms with E-state index in [9.17, 15) is 0 Å². The van der Waals surface area contributed by atoms with Crippen molar-refractivity contribution in [2.24, 2.45) is 11.8 Å². The van der Waals surface area contributed by atoms with Crippen molar-refractivity contribution in [3.8, 4) is 0 Å². The molecule has 2 nitrogen and oxygen atoms in total. The highest BCUT2D eigenvalue weighted by atomic mass is 15.2. The molecule has 0 rings (SSSR count). The zero-order chi connectivity index (χ0) is 14.0. The van der Waals surface area contributed by atoms with E-state index in [1.807, 2.05) is 0 Å². The van der Waals surface area contributed by atoms with E-state index in [0.29, 0.717) is 6.04 Å². The van der Waals surface area contributed by atoms with Crippen molar-refractivity contribution in [3.05, 3.63) is 0 Å². The second-order valence-electron chi connectivity index (χ2n) is 6.27. The Kier molecular flexibility index (Phi) is 10.8. The molecule has 0 fully saturated rings. The molecule has 0 aromatic rings. The fourth-order valence-electron chi connectivity index (χ4n) is 2.17. The Morgan fingerprint density at radius 3 is 1.72 bits per heavy atom. The van der Waals surface area contributed by atoms with Crippen molar-refractivity contribution < 1.29 is 0 Å². The maximum absolute atomic E-state index is 3.51. The van der Waals surface area contributed by atoms with Crippen LogP contribution >= 0.6 is 0 Å². The van der Waals surface area contributed by atoms with Crippen molar-refractivity contribution >= 4 is 0 Å². The zero-order valence-electron chi connectivity index (χ0n) is 13.6. The summed E-state index contributed by atoms with van der Waals surface area (Å²) in [5.74, 6) is 1.62. The second kappa shape index (κ2) is 10.8. The molecule has 1 unspecified atom stereocenters. The third kappa shape index (κ3) is 8.93. The van der Waals surface area contributed by atoms with Gasteiger partial charge in [0.2, 0.25) is 0 Å². The number of hydrogen-bond acceptors (Lipinski definition) is 2. The van der Waals surface area contributed by atoms with Gasteiger partial charge in [-0.05, 0) is 50.7 Å². The van der Waals surface area contributed by atoms with Gasteiger partial charge in [0.1, 0.15) is 0 Å². The van der Waals surface area contributed by atoms with E-state index in [4.69, 9.17) is 0 Å². The summed E-state index contributed by atoms with van der Waals surface area (Å²) in [5, 5.41) is 3.51. The van der Waals surface area contributed by atoms with Crippen molar-refractivity contribution in [1.29, 1.82) is 0 Å². The summed E-state index contributed by atoms with van der Waals surface area (Å²) < 4.78 is 0. The Hall–Kier alpha value is -0.0800. The molecule has 0 aliphatic carbocycles. The van der Waals surface area contributed by atoms with Gasteiger partial charge in [0.25, 0.3) is 0 Å². The van der Waals surface area contributed by atoms with Crippen molar-refractivity contribution in [2.45, 2.75) is 66.8 Å². The summed E-state index contributed by atoms with van der Waals surface area (Å²) in [4.78, 5) is 2.71. The highest BCUT2D eigenvalue weighted by Gasteiger charge is 2.16. The van der Waals surface area contributed by atoms with Crippen molar-refractivity contribution in [3.63, 3.8) is 0 Å². The molecule has 0 bridgehead atoms. The minimum atomic E-state index is 0.711. The molecule has 1 N–H and O–H groups in total. The van der Waals surface area contributed by atoms with Crippen LogP contribution in [0, 0.1) is 11.8 Å². The Morgan fingerprint density at radius 1 is 0.889 bits per heavy atom. The Bertz CT molecular complexity index is 166. The Morgan fingerprint density at radius 2 is 1.39 bits per heavy atom. The lowest BCUT2D eigenvalue weighted by molar-refractivity contribution is 0.169. The van der Waals surface area contributed by atoms with E-state index in [1.54, 1.807) is 0 Å². The molecule has 0 aromatic heterocycles. The first kappa shape index (κ1) is 17.9. The van der Waals surface area contributed by atoms with Crippen LogP contribution in [0.2, 0.25) is 0 Å². The molecular formula is C16H36N2. The van der Waals surface area contributed by atoms with Gasteiger partial charge in [-0.2, -0.15) is 0 Å². The lowest BCUT2D eigenvalue weighted by Gasteiger charge is -2.32. The second-order valence-corrected chi connectivity index (χ2v) is 6.27. The summed E-state index contributed by atoms with van der Waals surface area (Å²) in [6.07, 6.45) is 3.89. The van der Waals surface area contributed by atoms with Crippen LogP contribution in [0.15, 0.2) is 0 Å². The topological polar surface area (TPSA) is 15.3 Å². The first-order valence-electron chi connectivity index (χ1n) is 7.95. The van der Waals surface area contributed by atoms with Crippen LogP contribution in [0.3, 0.4) is 0 Å². The smallest absolute Gasteiger partial charge is 0.0218 e. The first-order chi connectivity index (χ1) is 8.51. The summed E-state index contributed by atoms with van der Waals surface area (Å²) in [7, 11) is 0. The monoisotopic (exact) mass is 256 g/mol. The van der Waals surface area contributed by atoms with Gasteiger partial charge in [0.15, 0.2) is 0 Å². The van der Waals surface area contributed by atoms with Crippen LogP contribution < -0.4 is 5.32 Å². The summed E-state index contributed by atoms with van der Waals surface area (Å²) in [6.45, 7) is 18.6. The van der Waals surface area contributed by atoms with E-state index < -0.39 is 0 Å². The molecule has 0 heterocycles. The summed E-state index contributed by atoms with van der Waals surface area (Å²) in [6, 6.07) is 0.711. The van der Waals surface area contributed by atoms with E-state index in [-0.39, 0.29) is 0 Å². The van der Waals surface area contributed by atoms with E-state index in [1.165, 1.54) is 32.4 Å². The molecule has 0 aliphatic rings. The predicted molar refractivity (Wildman–Crippen MR) is 83.1 cm³/mol. The van der Waals surface area contributed by atoms with Gasteiger partial charge in [-0.1, -0.05) is 41.5 Å². The third-order valence-electron chi connectivity index (χ3n) is 3.60. The molecule has 0 aromatic carbocycles. The SMILES string of the molecule is CCNCC(CC)N(CCC(C)C)CCC(C)C. The van der Waals surface area contributed by atoms with Crippen LogP contribution in [0.1, 0.15) is 60.8 Å².